The van der Waals surface area contributed by atoms with E-state index in [4.69, 9.17) is 4.42 Å². The average molecular weight is 281 g/mol. The van der Waals surface area contributed by atoms with Gasteiger partial charge in [-0.25, -0.2) is 0 Å². The summed E-state index contributed by atoms with van der Waals surface area (Å²) in [6.45, 7) is 1.87. The SMILES string of the molecule is Cc1ccc(C(O)Cc2ccccc2Br)o1. The van der Waals surface area contributed by atoms with Crippen LogP contribution in [0.2, 0.25) is 0 Å². The Morgan fingerprint density at radius 1 is 1.25 bits per heavy atom. The van der Waals surface area contributed by atoms with Gasteiger partial charge < -0.3 is 9.52 Å². The van der Waals surface area contributed by atoms with Crippen LogP contribution in [-0.4, -0.2) is 5.11 Å². The molecule has 3 heteroatoms. The highest BCUT2D eigenvalue weighted by Crippen LogP contribution is 2.24. The number of furan rings is 1. The predicted molar refractivity (Wildman–Crippen MR) is 66.3 cm³/mol. The van der Waals surface area contributed by atoms with Gasteiger partial charge in [-0.05, 0) is 30.7 Å². The standard InChI is InChI=1S/C13H13BrO2/c1-9-6-7-13(16-9)12(15)8-10-4-2-3-5-11(10)14/h2-7,12,15H,8H2,1H3. The summed E-state index contributed by atoms with van der Waals surface area (Å²) in [5.74, 6) is 1.44. The highest BCUT2D eigenvalue weighted by molar-refractivity contribution is 9.10. The van der Waals surface area contributed by atoms with Crippen LogP contribution in [0.25, 0.3) is 0 Å². The van der Waals surface area contributed by atoms with Crippen LogP contribution in [0.1, 0.15) is 23.2 Å². The third kappa shape index (κ3) is 2.54. The summed E-state index contributed by atoms with van der Waals surface area (Å²) in [6, 6.07) is 11.5. The Bertz CT molecular complexity index is 476. The molecular weight excluding hydrogens is 268 g/mol. The zero-order chi connectivity index (χ0) is 11.5. The molecule has 0 aliphatic heterocycles. The van der Waals surface area contributed by atoms with Crippen molar-refractivity contribution >= 4 is 15.9 Å². The van der Waals surface area contributed by atoms with Crippen LogP contribution in [0.5, 0.6) is 0 Å². The summed E-state index contributed by atoms with van der Waals surface area (Å²) < 4.78 is 6.40. The third-order valence-electron chi connectivity index (χ3n) is 2.46. The van der Waals surface area contributed by atoms with Crippen LogP contribution in [0.15, 0.2) is 45.3 Å². The summed E-state index contributed by atoms with van der Waals surface area (Å²) in [7, 11) is 0. The number of aryl methyl sites for hydroxylation is 1. The molecule has 1 aromatic carbocycles. The lowest BCUT2D eigenvalue weighted by Crippen LogP contribution is -2.00. The molecule has 84 valence electrons. The number of rotatable bonds is 3. The second-order valence-corrected chi connectivity index (χ2v) is 4.61. The minimum Gasteiger partial charge on any atom is -0.464 e. The van der Waals surface area contributed by atoms with Crippen LogP contribution in [0.3, 0.4) is 0 Å². The first-order valence-corrected chi connectivity index (χ1v) is 5.94. The number of hydrogen-bond donors (Lipinski definition) is 1. The average Bonchev–Trinajstić information content (AvgIpc) is 2.68. The largest absolute Gasteiger partial charge is 0.464 e. The maximum absolute atomic E-state index is 10.00. The summed E-state index contributed by atoms with van der Waals surface area (Å²) >= 11 is 3.46. The van der Waals surface area contributed by atoms with E-state index in [9.17, 15) is 5.11 Å². The molecule has 1 N–H and O–H groups in total. The van der Waals surface area contributed by atoms with Gasteiger partial charge in [0.15, 0.2) is 0 Å². The Morgan fingerprint density at radius 3 is 2.62 bits per heavy atom. The lowest BCUT2D eigenvalue weighted by molar-refractivity contribution is 0.148. The normalized spacial score (nSPS) is 12.7. The first-order chi connectivity index (χ1) is 7.66. The molecule has 1 heterocycles. The Kier molecular flexibility index (Phi) is 3.46. The van der Waals surface area contributed by atoms with Gasteiger partial charge in [0.1, 0.15) is 17.6 Å². The Balaban J connectivity index is 2.13. The molecule has 0 amide bonds. The summed E-state index contributed by atoms with van der Waals surface area (Å²) in [4.78, 5) is 0. The zero-order valence-electron chi connectivity index (χ0n) is 8.98. The van der Waals surface area contributed by atoms with Crippen molar-refractivity contribution in [3.8, 4) is 0 Å². The zero-order valence-corrected chi connectivity index (χ0v) is 10.6. The molecule has 0 aliphatic rings. The lowest BCUT2D eigenvalue weighted by Gasteiger charge is -2.09. The van der Waals surface area contributed by atoms with E-state index in [2.05, 4.69) is 15.9 Å². The molecule has 2 aromatic rings. The van der Waals surface area contributed by atoms with Gasteiger partial charge >= 0.3 is 0 Å². The van der Waals surface area contributed by atoms with Crippen molar-refractivity contribution in [2.75, 3.05) is 0 Å². The first kappa shape index (κ1) is 11.4. The van der Waals surface area contributed by atoms with E-state index in [1.54, 1.807) is 0 Å². The third-order valence-corrected chi connectivity index (χ3v) is 3.23. The van der Waals surface area contributed by atoms with Crippen LogP contribution < -0.4 is 0 Å². The fraction of sp³-hybridized carbons (Fsp3) is 0.231. The molecule has 16 heavy (non-hydrogen) atoms. The van der Waals surface area contributed by atoms with Crippen LogP contribution >= 0.6 is 15.9 Å². The minimum atomic E-state index is -0.590. The van der Waals surface area contributed by atoms with Gasteiger partial charge in [-0.1, -0.05) is 34.1 Å². The van der Waals surface area contributed by atoms with E-state index in [0.717, 1.165) is 15.8 Å². The van der Waals surface area contributed by atoms with Crippen molar-refractivity contribution in [2.45, 2.75) is 19.4 Å². The van der Waals surface area contributed by atoms with Gasteiger partial charge in [0, 0.05) is 10.9 Å². The van der Waals surface area contributed by atoms with E-state index in [1.165, 1.54) is 0 Å². The molecule has 2 rings (SSSR count). The molecule has 1 unspecified atom stereocenters. The van der Waals surface area contributed by atoms with Crippen LogP contribution in [-0.2, 0) is 6.42 Å². The number of benzene rings is 1. The molecule has 0 saturated heterocycles. The van der Waals surface area contributed by atoms with Gasteiger partial charge in [-0.15, -0.1) is 0 Å². The second kappa shape index (κ2) is 4.85. The topological polar surface area (TPSA) is 33.4 Å². The van der Waals surface area contributed by atoms with E-state index < -0.39 is 6.10 Å². The number of aliphatic hydroxyl groups excluding tert-OH is 1. The molecule has 0 fully saturated rings. The Morgan fingerprint density at radius 2 is 2.00 bits per heavy atom. The Hall–Kier alpha value is -1.06. The molecule has 0 saturated carbocycles. The summed E-state index contributed by atoms with van der Waals surface area (Å²) in [5.41, 5.74) is 1.07. The lowest BCUT2D eigenvalue weighted by atomic mass is 10.1. The highest BCUT2D eigenvalue weighted by Gasteiger charge is 2.13. The summed E-state index contributed by atoms with van der Waals surface area (Å²) in [5, 5.41) is 10.00. The van der Waals surface area contributed by atoms with E-state index in [1.807, 2.05) is 43.3 Å². The van der Waals surface area contributed by atoms with Crippen LogP contribution in [0, 0.1) is 6.92 Å². The molecule has 1 atom stereocenters. The molecule has 0 spiro atoms. The van der Waals surface area contributed by atoms with Crippen LogP contribution in [0.4, 0.5) is 0 Å². The maximum atomic E-state index is 10.00. The number of halogens is 1. The fourth-order valence-electron chi connectivity index (χ4n) is 1.61. The Labute approximate surface area is 103 Å². The molecule has 1 aromatic heterocycles. The number of aliphatic hydroxyl groups is 1. The molecule has 0 aliphatic carbocycles. The van der Waals surface area contributed by atoms with E-state index >= 15 is 0 Å². The van der Waals surface area contributed by atoms with Crippen molar-refractivity contribution in [1.29, 1.82) is 0 Å². The van der Waals surface area contributed by atoms with Gasteiger partial charge in [0.25, 0.3) is 0 Å². The van der Waals surface area contributed by atoms with Crippen molar-refractivity contribution in [3.05, 3.63) is 58.0 Å². The molecular formula is C13H13BrO2. The summed E-state index contributed by atoms with van der Waals surface area (Å²) in [6.07, 6.45) is -0.0404. The quantitative estimate of drug-likeness (QED) is 0.932. The van der Waals surface area contributed by atoms with Crippen molar-refractivity contribution in [1.82, 2.24) is 0 Å². The van der Waals surface area contributed by atoms with Gasteiger partial charge in [-0.2, -0.15) is 0 Å². The van der Waals surface area contributed by atoms with Crippen molar-refractivity contribution in [3.63, 3.8) is 0 Å². The van der Waals surface area contributed by atoms with Gasteiger partial charge in [0.2, 0.25) is 0 Å². The fourth-order valence-corrected chi connectivity index (χ4v) is 2.05. The van der Waals surface area contributed by atoms with E-state index in [-0.39, 0.29) is 0 Å². The second-order valence-electron chi connectivity index (χ2n) is 3.76. The first-order valence-electron chi connectivity index (χ1n) is 5.14. The van der Waals surface area contributed by atoms with Crippen molar-refractivity contribution < 1.29 is 9.52 Å². The predicted octanol–water partition coefficient (Wildman–Crippen LogP) is 3.63. The molecule has 2 nitrogen and oxygen atoms in total. The highest BCUT2D eigenvalue weighted by atomic mass is 79.9. The van der Waals surface area contributed by atoms with Gasteiger partial charge in [-0.3, -0.25) is 0 Å². The van der Waals surface area contributed by atoms with E-state index in [0.29, 0.717) is 12.2 Å². The molecule has 0 bridgehead atoms. The van der Waals surface area contributed by atoms with Gasteiger partial charge in [0.05, 0.1) is 0 Å². The monoisotopic (exact) mass is 280 g/mol. The minimum absolute atomic E-state index is 0.550. The number of hydrogen-bond acceptors (Lipinski definition) is 2. The molecule has 0 radical (unpaired) electrons. The maximum Gasteiger partial charge on any atom is 0.132 e. The smallest absolute Gasteiger partial charge is 0.132 e. The van der Waals surface area contributed by atoms with Crippen molar-refractivity contribution in [2.24, 2.45) is 0 Å².